The molecular formula is C19H30O2. The van der Waals surface area contributed by atoms with Crippen molar-refractivity contribution in [2.45, 2.75) is 76.9 Å². The second-order valence-electron chi connectivity index (χ2n) is 9.61. The van der Waals surface area contributed by atoms with E-state index in [0.717, 1.165) is 37.0 Å². The van der Waals surface area contributed by atoms with Crippen molar-refractivity contribution < 1.29 is 10.2 Å². The van der Waals surface area contributed by atoms with Crippen molar-refractivity contribution in [2.75, 3.05) is 0 Å². The number of rotatable bonds is 0. The minimum atomic E-state index is -0.500. The van der Waals surface area contributed by atoms with E-state index >= 15 is 0 Å². The van der Waals surface area contributed by atoms with Gasteiger partial charge in [0.25, 0.3) is 0 Å². The molecule has 0 aromatic rings. The van der Waals surface area contributed by atoms with Crippen LogP contribution in [0.5, 0.6) is 0 Å². The van der Waals surface area contributed by atoms with Crippen molar-refractivity contribution in [2.24, 2.45) is 40.4 Å². The van der Waals surface area contributed by atoms with Gasteiger partial charge in [-0.05, 0) is 91.8 Å². The lowest BCUT2D eigenvalue weighted by molar-refractivity contribution is -0.179. The molecule has 5 fully saturated rings. The molecule has 0 aromatic carbocycles. The minimum Gasteiger partial charge on any atom is -0.393 e. The number of hydrogen-bond acceptors (Lipinski definition) is 2. The van der Waals surface area contributed by atoms with E-state index < -0.39 is 5.60 Å². The molecule has 2 heteroatoms. The molecule has 4 unspecified atom stereocenters. The summed E-state index contributed by atoms with van der Waals surface area (Å²) in [4.78, 5) is 0. The molecule has 0 heterocycles. The average molecular weight is 290 g/mol. The van der Waals surface area contributed by atoms with Crippen LogP contribution in [0, 0.1) is 40.4 Å². The van der Waals surface area contributed by atoms with Gasteiger partial charge < -0.3 is 10.2 Å². The first-order chi connectivity index (χ1) is 9.91. The maximum Gasteiger partial charge on any atom is 0.0738 e. The highest BCUT2D eigenvalue weighted by Gasteiger charge is 2.74. The molecule has 5 aliphatic rings. The van der Waals surface area contributed by atoms with Gasteiger partial charge in [-0.1, -0.05) is 13.8 Å². The Morgan fingerprint density at radius 2 is 1.67 bits per heavy atom. The van der Waals surface area contributed by atoms with Gasteiger partial charge in [-0.3, -0.25) is 0 Å². The average Bonchev–Trinajstić information content (AvgIpc) is 2.66. The van der Waals surface area contributed by atoms with Crippen molar-refractivity contribution in [1.82, 2.24) is 0 Å². The maximum atomic E-state index is 11.9. The highest BCUT2D eigenvalue weighted by atomic mass is 16.3. The van der Waals surface area contributed by atoms with Crippen molar-refractivity contribution in [1.29, 1.82) is 0 Å². The predicted molar refractivity (Wildman–Crippen MR) is 81.6 cm³/mol. The zero-order valence-corrected chi connectivity index (χ0v) is 13.5. The molecule has 6 bridgehead atoms. The summed E-state index contributed by atoms with van der Waals surface area (Å²) < 4.78 is 0. The summed E-state index contributed by atoms with van der Waals surface area (Å²) in [5.41, 5.74) is -0.0771. The smallest absolute Gasteiger partial charge is 0.0738 e. The summed E-state index contributed by atoms with van der Waals surface area (Å²) in [7, 11) is 0. The molecule has 2 nitrogen and oxygen atoms in total. The van der Waals surface area contributed by atoms with Crippen LogP contribution >= 0.6 is 0 Å². The van der Waals surface area contributed by atoms with E-state index in [4.69, 9.17) is 0 Å². The third kappa shape index (κ3) is 1.24. The largest absolute Gasteiger partial charge is 0.393 e. The molecule has 0 aromatic heterocycles. The Balaban J connectivity index is 1.76. The van der Waals surface area contributed by atoms with Crippen molar-refractivity contribution >= 4 is 0 Å². The molecule has 0 spiro atoms. The minimum absolute atomic E-state index is 0.128. The molecule has 0 saturated heterocycles. The summed E-state index contributed by atoms with van der Waals surface area (Å²) in [6, 6.07) is 0. The summed E-state index contributed by atoms with van der Waals surface area (Å²) in [5.74, 6) is 3.42. The molecule has 5 aliphatic carbocycles. The molecule has 0 amide bonds. The van der Waals surface area contributed by atoms with Crippen molar-refractivity contribution in [3.63, 3.8) is 0 Å². The Labute approximate surface area is 128 Å². The van der Waals surface area contributed by atoms with Crippen LogP contribution in [-0.4, -0.2) is 21.9 Å². The van der Waals surface area contributed by atoms with Gasteiger partial charge in [0, 0.05) is 0 Å². The lowest BCUT2D eigenvalue weighted by Gasteiger charge is -2.60. The van der Waals surface area contributed by atoms with Gasteiger partial charge in [0.05, 0.1) is 11.7 Å². The summed E-state index contributed by atoms with van der Waals surface area (Å²) in [6.07, 6.45) is 9.13. The molecule has 0 radical (unpaired) electrons. The van der Waals surface area contributed by atoms with Gasteiger partial charge in [0.1, 0.15) is 0 Å². The first kappa shape index (κ1) is 13.4. The normalized spacial score (nSPS) is 68.0. The van der Waals surface area contributed by atoms with Gasteiger partial charge in [-0.2, -0.15) is 0 Å². The van der Waals surface area contributed by atoms with Crippen LogP contribution < -0.4 is 0 Å². The molecular weight excluding hydrogens is 260 g/mol. The Bertz CT molecular complexity index is 490. The third-order valence-corrected chi connectivity index (χ3v) is 9.57. The van der Waals surface area contributed by atoms with Crippen LogP contribution in [0.25, 0.3) is 0 Å². The summed E-state index contributed by atoms with van der Waals surface area (Å²) in [5, 5.41) is 22.4. The number of aliphatic hydroxyl groups excluding tert-OH is 1. The Kier molecular flexibility index (Phi) is 2.35. The standard InChI is InChI=1S/C19H30O2/c1-17-7-5-15-13-4-3-11-9-12(20)10-16(18(11,15)2)19(17,21)8-6-14(13)17/h11-16,20-21H,3-10H2,1-2H3/t11?,12?,13-,14-,15+,16?,17-,18-,19?/m0/s1. The van der Waals surface area contributed by atoms with Crippen LogP contribution in [0.15, 0.2) is 0 Å². The summed E-state index contributed by atoms with van der Waals surface area (Å²) in [6.45, 7) is 4.91. The number of fused-ring (bicyclic) bond motifs is 1. The van der Waals surface area contributed by atoms with Crippen LogP contribution in [0.4, 0.5) is 0 Å². The molecule has 9 atom stereocenters. The van der Waals surface area contributed by atoms with E-state index in [2.05, 4.69) is 13.8 Å². The Morgan fingerprint density at radius 3 is 2.48 bits per heavy atom. The lowest BCUT2D eigenvalue weighted by Crippen LogP contribution is -2.58. The van der Waals surface area contributed by atoms with Crippen molar-refractivity contribution in [3.05, 3.63) is 0 Å². The van der Waals surface area contributed by atoms with Gasteiger partial charge in [-0.25, -0.2) is 0 Å². The van der Waals surface area contributed by atoms with E-state index in [-0.39, 0.29) is 11.5 Å². The second kappa shape index (κ2) is 3.70. The van der Waals surface area contributed by atoms with Crippen LogP contribution in [0.3, 0.4) is 0 Å². The molecule has 0 aliphatic heterocycles. The number of aliphatic hydroxyl groups is 2. The van der Waals surface area contributed by atoms with E-state index in [1.165, 1.54) is 32.1 Å². The molecule has 5 rings (SSSR count). The molecule has 21 heavy (non-hydrogen) atoms. The second-order valence-corrected chi connectivity index (χ2v) is 9.61. The summed E-state index contributed by atoms with van der Waals surface area (Å²) >= 11 is 0. The lowest BCUT2D eigenvalue weighted by atomic mass is 9.45. The van der Waals surface area contributed by atoms with Gasteiger partial charge in [0.2, 0.25) is 0 Å². The third-order valence-electron chi connectivity index (χ3n) is 9.57. The number of hydrogen-bond donors (Lipinski definition) is 2. The maximum absolute atomic E-state index is 11.9. The Hall–Kier alpha value is -0.0800. The fourth-order valence-corrected chi connectivity index (χ4v) is 8.67. The first-order valence-corrected chi connectivity index (χ1v) is 9.31. The topological polar surface area (TPSA) is 40.5 Å². The van der Waals surface area contributed by atoms with E-state index in [1.807, 2.05) is 0 Å². The predicted octanol–water partition coefficient (Wildman–Crippen LogP) is 3.36. The van der Waals surface area contributed by atoms with Gasteiger partial charge in [0.15, 0.2) is 0 Å². The van der Waals surface area contributed by atoms with E-state index in [9.17, 15) is 10.2 Å². The van der Waals surface area contributed by atoms with Crippen LogP contribution in [-0.2, 0) is 0 Å². The quantitative estimate of drug-likeness (QED) is 0.718. The van der Waals surface area contributed by atoms with Crippen molar-refractivity contribution in [3.8, 4) is 0 Å². The monoisotopic (exact) mass is 290 g/mol. The fraction of sp³-hybridized carbons (Fsp3) is 1.00. The van der Waals surface area contributed by atoms with Crippen LogP contribution in [0.2, 0.25) is 0 Å². The van der Waals surface area contributed by atoms with E-state index in [1.54, 1.807) is 0 Å². The zero-order chi connectivity index (χ0) is 14.6. The SMILES string of the molecule is C[C@]12C3CC[C@@H]4[C@H]1CC[C@@]1(C)[C@H]4CCC1(O)C2CC(O)C3. The molecule has 5 saturated carbocycles. The molecule has 118 valence electrons. The van der Waals surface area contributed by atoms with Crippen LogP contribution in [0.1, 0.15) is 65.2 Å². The Morgan fingerprint density at radius 1 is 0.905 bits per heavy atom. The highest BCUT2D eigenvalue weighted by Crippen LogP contribution is 2.76. The fourth-order valence-electron chi connectivity index (χ4n) is 8.67. The van der Waals surface area contributed by atoms with E-state index in [0.29, 0.717) is 17.3 Å². The van der Waals surface area contributed by atoms with Gasteiger partial charge in [-0.15, -0.1) is 0 Å². The first-order valence-electron chi connectivity index (χ1n) is 9.31. The zero-order valence-electron chi connectivity index (χ0n) is 13.5. The molecule has 2 N–H and O–H groups in total. The van der Waals surface area contributed by atoms with Gasteiger partial charge >= 0.3 is 0 Å². The highest BCUT2D eigenvalue weighted by molar-refractivity contribution is 5.23.